The molecule has 2 bridgehead atoms. The van der Waals surface area contributed by atoms with Gasteiger partial charge in [0.15, 0.2) is 5.82 Å². The zero-order chi connectivity index (χ0) is 39.7. The van der Waals surface area contributed by atoms with E-state index in [1.54, 1.807) is 16.9 Å². The maximum absolute atomic E-state index is 6.86. The summed E-state index contributed by atoms with van der Waals surface area (Å²) in [6.45, 7) is 4.80. The van der Waals surface area contributed by atoms with Crippen molar-refractivity contribution in [3.05, 3.63) is 179 Å². The standard InChI is InChI=1S/C56H42N2OS/c1-55(2)44-17-9-7-15-38(44)42-32-47-43(31-45(42)55)39-23-20-36(30-46(39)56(47)25-11-4-12-26-56)35-21-24-48-37(29-35)27-33-19-22-40(49(28-33)59-48)53-57-52(34-13-5-3-6-14-34)51-41-16-8-10-18-50(41)60-54(51)58-53/h3,5-10,13-24,28-32H,4,11-12,25-27H2,1-2H3. The van der Waals surface area contributed by atoms with Gasteiger partial charge >= 0.3 is 0 Å². The average Bonchev–Trinajstić information content (AvgIpc) is 3.82. The first-order valence-electron chi connectivity index (χ1n) is 21.6. The van der Waals surface area contributed by atoms with Crippen molar-refractivity contribution in [3.8, 4) is 67.5 Å². The molecule has 3 aliphatic carbocycles. The molecule has 60 heavy (non-hydrogen) atoms. The van der Waals surface area contributed by atoms with Crippen molar-refractivity contribution >= 4 is 31.6 Å². The largest absolute Gasteiger partial charge is 0.456 e. The summed E-state index contributed by atoms with van der Waals surface area (Å²) in [6, 6.07) is 54.0. The molecule has 13 rings (SSSR count). The summed E-state index contributed by atoms with van der Waals surface area (Å²) in [5.74, 6) is 2.37. The number of hydrogen-bond donors (Lipinski definition) is 0. The second-order valence-electron chi connectivity index (χ2n) is 18.0. The highest BCUT2D eigenvalue weighted by Crippen LogP contribution is 2.60. The minimum atomic E-state index is -0.0159. The van der Waals surface area contributed by atoms with Crippen LogP contribution in [0.2, 0.25) is 0 Å². The fraction of sp³-hybridized carbons (Fsp3) is 0.179. The fourth-order valence-corrected chi connectivity index (χ4v) is 12.5. The zero-order valence-corrected chi connectivity index (χ0v) is 34.6. The third-order valence-corrected chi connectivity index (χ3v) is 15.4. The molecule has 0 unspecified atom stereocenters. The summed E-state index contributed by atoms with van der Waals surface area (Å²) in [5.41, 5.74) is 19.6. The normalized spacial score (nSPS) is 16.2. The summed E-state index contributed by atoms with van der Waals surface area (Å²) in [6.07, 6.45) is 7.08. The predicted molar refractivity (Wildman–Crippen MR) is 247 cm³/mol. The maximum Gasteiger partial charge on any atom is 0.165 e. The van der Waals surface area contributed by atoms with Gasteiger partial charge in [-0.3, -0.25) is 0 Å². The van der Waals surface area contributed by atoms with Crippen molar-refractivity contribution in [2.75, 3.05) is 0 Å². The van der Waals surface area contributed by atoms with Crippen molar-refractivity contribution in [1.82, 2.24) is 9.97 Å². The molecule has 0 saturated heterocycles. The van der Waals surface area contributed by atoms with Gasteiger partial charge in [0.1, 0.15) is 16.3 Å². The van der Waals surface area contributed by atoms with E-state index in [1.165, 1.54) is 103 Å². The van der Waals surface area contributed by atoms with Crippen LogP contribution >= 0.6 is 11.3 Å². The van der Waals surface area contributed by atoms with Gasteiger partial charge in [-0.1, -0.05) is 130 Å². The Labute approximate surface area is 354 Å². The highest BCUT2D eigenvalue weighted by atomic mass is 32.1. The summed E-state index contributed by atoms with van der Waals surface area (Å²) in [5, 5.41) is 2.30. The Morgan fingerprint density at radius 2 is 1.25 bits per heavy atom. The number of hydrogen-bond acceptors (Lipinski definition) is 4. The van der Waals surface area contributed by atoms with Crippen LogP contribution in [-0.4, -0.2) is 9.97 Å². The molecule has 7 aromatic carbocycles. The molecule has 1 saturated carbocycles. The number of benzene rings is 7. The lowest BCUT2D eigenvalue weighted by atomic mass is 9.67. The van der Waals surface area contributed by atoms with Gasteiger partial charge in [0, 0.05) is 38.3 Å². The highest BCUT2D eigenvalue weighted by Gasteiger charge is 2.46. The third-order valence-electron chi connectivity index (χ3n) is 14.4. The van der Waals surface area contributed by atoms with E-state index in [9.17, 15) is 0 Å². The predicted octanol–water partition coefficient (Wildman–Crippen LogP) is 15.1. The number of fused-ring (bicyclic) bond motifs is 14. The van der Waals surface area contributed by atoms with E-state index in [0.717, 1.165) is 45.0 Å². The average molecular weight is 791 g/mol. The highest BCUT2D eigenvalue weighted by molar-refractivity contribution is 7.25. The number of thiophene rings is 1. The van der Waals surface area contributed by atoms with Crippen LogP contribution in [-0.2, 0) is 17.3 Å². The van der Waals surface area contributed by atoms with Crippen LogP contribution in [0.15, 0.2) is 146 Å². The Hall–Kier alpha value is -6.36. The first kappa shape index (κ1) is 34.5. The lowest BCUT2D eigenvalue weighted by Gasteiger charge is -2.36. The molecule has 4 aliphatic rings. The molecular formula is C56H42N2OS. The van der Waals surface area contributed by atoms with Crippen LogP contribution < -0.4 is 4.74 Å². The molecular weight excluding hydrogens is 749 g/mol. The Kier molecular flexibility index (Phi) is 7.23. The molecule has 0 N–H and O–H groups in total. The lowest BCUT2D eigenvalue weighted by Crippen LogP contribution is -2.28. The summed E-state index contributed by atoms with van der Waals surface area (Å²) < 4.78 is 8.08. The molecule has 0 atom stereocenters. The summed E-state index contributed by atoms with van der Waals surface area (Å²) >= 11 is 1.72. The number of rotatable bonds is 3. The van der Waals surface area contributed by atoms with Crippen molar-refractivity contribution < 1.29 is 4.74 Å². The minimum absolute atomic E-state index is 0.0159. The summed E-state index contributed by atoms with van der Waals surface area (Å²) in [4.78, 5) is 11.5. The third kappa shape index (κ3) is 4.89. The molecule has 9 aromatic rings. The maximum atomic E-state index is 6.86. The van der Waals surface area contributed by atoms with E-state index in [0.29, 0.717) is 5.82 Å². The first-order valence-corrected chi connectivity index (χ1v) is 22.4. The van der Waals surface area contributed by atoms with Gasteiger partial charge in [0.25, 0.3) is 0 Å². The van der Waals surface area contributed by atoms with Gasteiger partial charge in [0.05, 0.1) is 11.3 Å². The number of nitrogens with zero attached hydrogens (tertiary/aromatic N) is 2. The zero-order valence-electron chi connectivity index (χ0n) is 33.8. The smallest absolute Gasteiger partial charge is 0.165 e. The summed E-state index contributed by atoms with van der Waals surface area (Å²) in [7, 11) is 0. The van der Waals surface area contributed by atoms with Gasteiger partial charge in [-0.05, 0) is 128 Å². The SMILES string of the molecule is CC1(C)c2ccccc2-c2cc3c(cc21)-c1ccc(-c2ccc4c(c2)Cc2ccc(-c5nc(-c6ccccc6)c6c(n5)sc5ccccc56)c(c2)O4)cc1C31CCCCC1. The molecule has 1 aliphatic heterocycles. The molecule has 3 heterocycles. The Bertz CT molecular complexity index is 3280. The van der Waals surface area contributed by atoms with Crippen molar-refractivity contribution in [1.29, 1.82) is 0 Å². The van der Waals surface area contributed by atoms with E-state index < -0.39 is 0 Å². The quantitative estimate of drug-likeness (QED) is 0.179. The molecule has 3 nitrogen and oxygen atoms in total. The van der Waals surface area contributed by atoms with E-state index in [1.807, 2.05) is 0 Å². The molecule has 4 heteroatoms. The monoisotopic (exact) mass is 790 g/mol. The van der Waals surface area contributed by atoms with Gasteiger partial charge < -0.3 is 4.74 Å². The van der Waals surface area contributed by atoms with Crippen LogP contribution in [0.25, 0.3) is 76.3 Å². The van der Waals surface area contributed by atoms with Crippen molar-refractivity contribution in [3.63, 3.8) is 0 Å². The van der Waals surface area contributed by atoms with E-state index in [4.69, 9.17) is 14.7 Å². The Balaban J connectivity index is 0.883. The van der Waals surface area contributed by atoms with Crippen molar-refractivity contribution in [2.45, 2.75) is 63.2 Å². The van der Waals surface area contributed by atoms with Crippen LogP contribution in [0.5, 0.6) is 11.5 Å². The molecule has 1 fully saturated rings. The molecule has 1 spiro atoms. The number of ether oxygens (including phenoxy) is 1. The minimum Gasteiger partial charge on any atom is -0.456 e. The number of aromatic nitrogens is 2. The van der Waals surface area contributed by atoms with Gasteiger partial charge in [-0.25, -0.2) is 9.97 Å². The van der Waals surface area contributed by atoms with Crippen LogP contribution in [0.4, 0.5) is 0 Å². The molecule has 0 radical (unpaired) electrons. The van der Waals surface area contributed by atoms with Crippen LogP contribution in [0, 0.1) is 0 Å². The topological polar surface area (TPSA) is 35.0 Å². The Morgan fingerprint density at radius 1 is 0.533 bits per heavy atom. The van der Waals surface area contributed by atoms with Crippen molar-refractivity contribution in [2.24, 2.45) is 0 Å². The van der Waals surface area contributed by atoms with Gasteiger partial charge in [0.2, 0.25) is 0 Å². The molecule has 2 aromatic heterocycles. The van der Waals surface area contributed by atoms with E-state index in [-0.39, 0.29) is 10.8 Å². The molecule has 288 valence electrons. The second kappa shape index (κ2) is 12.6. The van der Waals surface area contributed by atoms with Gasteiger partial charge in [-0.15, -0.1) is 11.3 Å². The second-order valence-corrected chi connectivity index (χ2v) is 19.0. The van der Waals surface area contributed by atoms with Gasteiger partial charge in [-0.2, -0.15) is 0 Å². The van der Waals surface area contributed by atoms with Crippen LogP contribution in [0.3, 0.4) is 0 Å². The van der Waals surface area contributed by atoms with E-state index in [2.05, 4.69) is 159 Å². The fourth-order valence-electron chi connectivity index (χ4n) is 11.4. The first-order chi connectivity index (χ1) is 29.4. The van der Waals surface area contributed by atoms with Crippen LogP contribution in [0.1, 0.15) is 79.3 Å². The lowest BCUT2D eigenvalue weighted by molar-refractivity contribution is 0.353. The molecule has 0 amide bonds. The Morgan fingerprint density at radius 3 is 2.15 bits per heavy atom. The van der Waals surface area contributed by atoms with E-state index >= 15 is 0 Å².